The Kier molecular flexibility index (Phi) is 4.35. The van der Waals surface area contributed by atoms with Gasteiger partial charge < -0.3 is 4.74 Å². The summed E-state index contributed by atoms with van der Waals surface area (Å²) in [5.74, 6) is -1.43. The fourth-order valence-corrected chi connectivity index (χ4v) is 3.35. The number of sulfonamides is 1. The predicted molar refractivity (Wildman–Crippen MR) is 84.9 cm³/mol. The van der Waals surface area contributed by atoms with Crippen LogP contribution in [0.5, 0.6) is 0 Å². The van der Waals surface area contributed by atoms with Crippen molar-refractivity contribution in [3.05, 3.63) is 77.8 Å². The Morgan fingerprint density at radius 2 is 1.75 bits per heavy atom. The lowest BCUT2D eigenvalue weighted by molar-refractivity contribution is -0.135. The lowest BCUT2D eigenvalue weighted by Gasteiger charge is -2.09. The highest BCUT2D eigenvalue weighted by Crippen LogP contribution is 2.31. The van der Waals surface area contributed by atoms with Crippen LogP contribution in [0.15, 0.2) is 71.3 Å². The van der Waals surface area contributed by atoms with Crippen molar-refractivity contribution in [3.63, 3.8) is 0 Å². The first kappa shape index (κ1) is 16.2. The third-order valence-electron chi connectivity index (χ3n) is 3.69. The van der Waals surface area contributed by atoms with Crippen LogP contribution in [-0.2, 0) is 19.6 Å². The van der Waals surface area contributed by atoms with Gasteiger partial charge in [-0.3, -0.25) is 4.72 Å². The first-order valence-corrected chi connectivity index (χ1v) is 8.66. The predicted octanol–water partition coefficient (Wildman–Crippen LogP) is 2.33. The fraction of sp³-hybridized carbons (Fsp3) is 0.118. The first-order valence-electron chi connectivity index (χ1n) is 7.17. The number of hydrogen-bond donors (Lipinski definition) is 1. The smallest absolute Gasteiger partial charge is 0.336 e. The van der Waals surface area contributed by atoms with E-state index in [1.807, 2.05) is 0 Å². The number of ether oxygens (including phenoxy) is 1. The maximum absolute atomic E-state index is 13.0. The Morgan fingerprint density at radius 1 is 1.08 bits per heavy atom. The summed E-state index contributed by atoms with van der Waals surface area (Å²) in [6.07, 6.45) is 1.14. The monoisotopic (exact) mass is 347 g/mol. The molecule has 1 heterocycles. The van der Waals surface area contributed by atoms with Gasteiger partial charge in [0.15, 0.2) is 0 Å². The minimum Gasteiger partial charge on any atom is -0.461 e. The molecule has 0 radical (unpaired) electrons. The normalized spacial score (nSPS) is 19.3. The summed E-state index contributed by atoms with van der Waals surface area (Å²) < 4.78 is 44.8. The molecule has 2 aromatic rings. The van der Waals surface area contributed by atoms with Gasteiger partial charge in [0.2, 0.25) is 0 Å². The van der Waals surface area contributed by atoms with Gasteiger partial charge in [-0.15, -0.1) is 0 Å². The van der Waals surface area contributed by atoms with E-state index < -0.39 is 21.9 Å². The molecule has 1 unspecified atom stereocenters. The average molecular weight is 347 g/mol. The van der Waals surface area contributed by atoms with Gasteiger partial charge >= 0.3 is 5.97 Å². The van der Waals surface area contributed by atoms with Crippen molar-refractivity contribution in [2.45, 2.75) is 10.8 Å². The SMILES string of the molecule is O=C1OCC(c2ccc(F)cc2)C1=CNS(=O)(=O)c1ccccc1. The highest BCUT2D eigenvalue weighted by atomic mass is 32.2. The molecule has 7 heteroatoms. The van der Waals surface area contributed by atoms with Crippen molar-refractivity contribution >= 4 is 16.0 Å². The second kappa shape index (κ2) is 6.45. The van der Waals surface area contributed by atoms with E-state index in [9.17, 15) is 17.6 Å². The Bertz CT molecular complexity index is 877. The van der Waals surface area contributed by atoms with Gasteiger partial charge in [0.1, 0.15) is 12.4 Å². The summed E-state index contributed by atoms with van der Waals surface area (Å²) in [5.41, 5.74) is 0.855. The van der Waals surface area contributed by atoms with E-state index in [0.29, 0.717) is 5.56 Å². The van der Waals surface area contributed by atoms with E-state index >= 15 is 0 Å². The first-order chi connectivity index (χ1) is 11.5. The van der Waals surface area contributed by atoms with Crippen LogP contribution in [0.1, 0.15) is 11.5 Å². The zero-order chi connectivity index (χ0) is 17.2. The minimum absolute atomic E-state index is 0.0867. The summed E-state index contributed by atoms with van der Waals surface area (Å²) in [7, 11) is -3.78. The van der Waals surface area contributed by atoms with Crippen LogP contribution in [0.25, 0.3) is 0 Å². The van der Waals surface area contributed by atoms with Gasteiger partial charge in [-0.05, 0) is 29.8 Å². The molecule has 1 fully saturated rings. The number of cyclic esters (lactones) is 1. The van der Waals surface area contributed by atoms with Crippen LogP contribution in [0, 0.1) is 5.82 Å². The molecule has 0 aromatic heterocycles. The van der Waals surface area contributed by atoms with Crippen LogP contribution in [0.3, 0.4) is 0 Å². The lowest BCUT2D eigenvalue weighted by Crippen LogP contribution is -2.20. The molecule has 1 aliphatic rings. The summed E-state index contributed by atoms with van der Waals surface area (Å²) in [6.45, 7) is 0.0867. The van der Waals surface area contributed by atoms with Crippen LogP contribution >= 0.6 is 0 Å². The molecule has 1 atom stereocenters. The van der Waals surface area contributed by atoms with Crippen molar-refractivity contribution in [3.8, 4) is 0 Å². The number of halogens is 1. The third-order valence-corrected chi connectivity index (χ3v) is 5.01. The van der Waals surface area contributed by atoms with Gasteiger partial charge in [0, 0.05) is 6.20 Å². The molecule has 3 rings (SSSR count). The third kappa shape index (κ3) is 3.30. The van der Waals surface area contributed by atoms with E-state index in [-0.39, 0.29) is 22.9 Å². The van der Waals surface area contributed by atoms with Crippen LogP contribution < -0.4 is 4.72 Å². The number of esters is 1. The molecule has 2 aromatic carbocycles. The van der Waals surface area contributed by atoms with Gasteiger partial charge in [-0.2, -0.15) is 0 Å². The zero-order valence-electron chi connectivity index (χ0n) is 12.5. The molecule has 0 spiro atoms. The number of rotatable bonds is 4. The van der Waals surface area contributed by atoms with Crippen LogP contribution in [0.2, 0.25) is 0 Å². The average Bonchev–Trinajstić information content (AvgIpc) is 2.95. The number of nitrogens with one attached hydrogen (secondary N) is 1. The fourth-order valence-electron chi connectivity index (χ4n) is 2.41. The van der Waals surface area contributed by atoms with Crippen LogP contribution in [0.4, 0.5) is 4.39 Å². The van der Waals surface area contributed by atoms with Crippen molar-refractivity contribution in [1.82, 2.24) is 4.72 Å². The van der Waals surface area contributed by atoms with Crippen molar-refractivity contribution in [2.75, 3.05) is 6.61 Å². The second-order valence-corrected chi connectivity index (χ2v) is 6.95. The van der Waals surface area contributed by atoms with Crippen molar-refractivity contribution in [1.29, 1.82) is 0 Å². The molecule has 124 valence electrons. The number of carbonyl (C=O) groups is 1. The standard InChI is InChI=1S/C17H14FNO4S/c18-13-8-6-12(7-9-13)16-11-23-17(20)15(16)10-19-24(21,22)14-4-2-1-3-5-14/h1-10,16,19H,11H2. The molecule has 24 heavy (non-hydrogen) atoms. The molecule has 5 nitrogen and oxygen atoms in total. The maximum Gasteiger partial charge on any atom is 0.336 e. The maximum atomic E-state index is 13.0. The molecule has 1 N–H and O–H groups in total. The van der Waals surface area contributed by atoms with E-state index in [1.165, 1.54) is 24.3 Å². The molecule has 0 bridgehead atoms. The molecule has 1 saturated heterocycles. The summed E-state index contributed by atoms with van der Waals surface area (Å²) in [6, 6.07) is 13.5. The molecule has 0 aliphatic carbocycles. The van der Waals surface area contributed by atoms with E-state index in [2.05, 4.69) is 4.72 Å². The molecule has 0 saturated carbocycles. The van der Waals surface area contributed by atoms with Gasteiger partial charge in [-0.1, -0.05) is 30.3 Å². The number of benzene rings is 2. The van der Waals surface area contributed by atoms with Gasteiger partial charge in [-0.25, -0.2) is 17.6 Å². The second-order valence-electron chi connectivity index (χ2n) is 5.24. The zero-order valence-corrected chi connectivity index (χ0v) is 13.3. The summed E-state index contributed by atoms with van der Waals surface area (Å²) in [5, 5.41) is 0. The Labute approximate surface area is 138 Å². The van der Waals surface area contributed by atoms with Crippen molar-refractivity contribution in [2.24, 2.45) is 0 Å². The molecule has 1 aliphatic heterocycles. The summed E-state index contributed by atoms with van der Waals surface area (Å²) >= 11 is 0. The summed E-state index contributed by atoms with van der Waals surface area (Å²) in [4.78, 5) is 12.0. The number of hydrogen-bond acceptors (Lipinski definition) is 4. The van der Waals surface area contributed by atoms with Gasteiger partial charge in [0.05, 0.1) is 16.4 Å². The Hall–Kier alpha value is -2.67. The number of carbonyl (C=O) groups excluding carboxylic acids is 1. The highest BCUT2D eigenvalue weighted by molar-refractivity contribution is 7.89. The van der Waals surface area contributed by atoms with Gasteiger partial charge in [0.25, 0.3) is 10.0 Å². The Morgan fingerprint density at radius 3 is 2.42 bits per heavy atom. The van der Waals surface area contributed by atoms with E-state index in [4.69, 9.17) is 4.74 Å². The van der Waals surface area contributed by atoms with E-state index in [1.54, 1.807) is 30.3 Å². The van der Waals surface area contributed by atoms with E-state index in [0.717, 1.165) is 6.20 Å². The largest absolute Gasteiger partial charge is 0.461 e. The molecular formula is C17H14FNO4S. The minimum atomic E-state index is -3.78. The highest BCUT2D eigenvalue weighted by Gasteiger charge is 2.32. The molecular weight excluding hydrogens is 333 g/mol. The lowest BCUT2D eigenvalue weighted by atomic mass is 9.94. The van der Waals surface area contributed by atoms with Crippen LogP contribution in [-0.4, -0.2) is 21.0 Å². The van der Waals surface area contributed by atoms with Crippen molar-refractivity contribution < 1.29 is 22.3 Å². The molecule has 0 amide bonds. The Balaban J connectivity index is 1.87. The quantitative estimate of drug-likeness (QED) is 0.681. The topological polar surface area (TPSA) is 72.5 Å².